The fourth-order valence-corrected chi connectivity index (χ4v) is 3.85. The Balaban J connectivity index is 2.55. The Morgan fingerprint density at radius 2 is 1.84 bits per heavy atom. The molecule has 19 heavy (non-hydrogen) atoms. The standard InChI is InChI=1S/C18H37N/c1-7-8-15(4)11-17-12-18(5,6)10-9-16(17)13-19-14(2)3/h14-17,19H,7-13H2,1-6H3. The maximum atomic E-state index is 3.68. The first-order valence-corrected chi connectivity index (χ1v) is 8.57. The highest BCUT2D eigenvalue weighted by Crippen LogP contribution is 2.44. The third-order valence-corrected chi connectivity index (χ3v) is 4.95. The first-order valence-electron chi connectivity index (χ1n) is 8.57. The Kier molecular flexibility index (Phi) is 6.86. The second kappa shape index (κ2) is 7.67. The van der Waals surface area contributed by atoms with Crippen LogP contribution in [0.5, 0.6) is 0 Å². The van der Waals surface area contributed by atoms with Crippen LogP contribution in [0.3, 0.4) is 0 Å². The van der Waals surface area contributed by atoms with E-state index in [-0.39, 0.29) is 0 Å². The Morgan fingerprint density at radius 3 is 2.42 bits per heavy atom. The zero-order valence-electron chi connectivity index (χ0n) is 14.3. The van der Waals surface area contributed by atoms with Crippen molar-refractivity contribution >= 4 is 0 Å². The van der Waals surface area contributed by atoms with Gasteiger partial charge < -0.3 is 5.32 Å². The van der Waals surface area contributed by atoms with Gasteiger partial charge in [-0.3, -0.25) is 0 Å². The summed E-state index contributed by atoms with van der Waals surface area (Å²) in [4.78, 5) is 0. The molecule has 1 nitrogen and oxygen atoms in total. The van der Waals surface area contributed by atoms with Gasteiger partial charge in [-0.25, -0.2) is 0 Å². The summed E-state index contributed by atoms with van der Waals surface area (Å²) in [5.74, 6) is 2.76. The summed E-state index contributed by atoms with van der Waals surface area (Å²) in [5, 5.41) is 3.68. The van der Waals surface area contributed by atoms with E-state index in [0.29, 0.717) is 11.5 Å². The molecule has 114 valence electrons. The van der Waals surface area contributed by atoms with Crippen LogP contribution in [-0.2, 0) is 0 Å². The molecule has 0 aromatic carbocycles. The Labute approximate surface area is 121 Å². The van der Waals surface area contributed by atoms with Gasteiger partial charge in [-0.2, -0.15) is 0 Å². The molecule has 1 fully saturated rings. The van der Waals surface area contributed by atoms with Crippen molar-refractivity contribution in [3.8, 4) is 0 Å². The summed E-state index contributed by atoms with van der Waals surface area (Å²) in [6.07, 6.45) is 8.47. The van der Waals surface area contributed by atoms with Gasteiger partial charge in [0.2, 0.25) is 0 Å². The predicted octanol–water partition coefficient (Wildman–Crippen LogP) is 5.25. The number of rotatable bonds is 7. The zero-order chi connectivity index (χ0) is 14.5. The summed E-state index contributed by atoms with van der Waals surface area (Å²) >= 11 is 0. The van der Waals surface area contributed by atoms with E-state index in [0.717, 1.165) is 17.8 Å². The van der Waals surface area contributed by atoms with Gasteiger partial charge in [0, 0.05) is 6.04 Å². The van der Waals surface area contributed by atoms with Crippen LogP contribution >= 0.6 is 0 Å². The molecule has 0 radical (unpaired) electrons. The van der Waals surface area contributed by atoms with Crippen LogP contribution in [0.1, 0.15) is 80.1 Å². The molecular formula is C18H37N. The number of hydrogen-bond acceptors (Lipinski definition) is 1. The second-order valence-corrected chi connectivity index (χ2v) is 8.12. The average molecular weight is 268 g/mol. The third kappa shape index (κ3) is 6.29. The fourth-order valence-electron chi connectivity index (χ4n) is 3.85. The highest BCUT2D eigenvalue weighted by atomic mass is 14.9. The van der Waals surface area contributed by atoms with Gasteiger partial charge in [0.1, 0.15) is 0 Å². The van der Waals surface area contributed by atoms with E-state index < -0.39 is 0 Å². The predicted molar refractivity (Wildman–Crippen MR) is 86.4 cm³/mol. The SMILES string of the molecule is CCCC(C)CC1CC(C)(C)CCC1CNC(C)C. The topological polar surface area (TPSA) is 12.0 Å². The van der Waals surface area contributed by atoms with E-state index in [2.05, 4.69) is 46.9 Å². The van der Waals surface area contributed by atoms with Crippen LogP contribution in [0, 0.1) is 23.2 Å². The minimum atomic E-state index is 0.574. The van der Waals surface area contributed by atoms with Gasteiger partial charge in [0.25, 0.3) is 0 Å². The van der Waals surface area contributed by atoms with E-state index in [1.165, 1.54) is 45.1 Å². The Morgan fingerprint density at radius 1 is 1.16 bits per heavy atom. The van der Waals surface area contributed by atoms with Gasteiger partial charge in [0.15, 0.2) is 0 Å². The van der Waals surface area contributed by atoms with E-state index in [1.807, 2.05) is 0 Å². The maximum absolute atomic E-state index is 3.68. The fraction of sp³-hybridized carbons (Fsp3) is 1.00. The van der Waals surface area contributed by atoms with Gasteiger partial charge in [-0.05, 0) is 55.4 Å². The van der Waals surface area contributed by atoms with Gasteiger partial charge in [0.05, 0.1) is 0 Å². The molecule has 0 saturated heterocycles. The van der Waals surface area contributed by atoms with Crippen molar-refractivity contribution in [3.05, 3.63) is 0 Å². The summed E-state index contributed by atoms with van der Waals surface area (Å²) in [6.45, 7) is 15.5. The average Bonchev–Trinajstić information content (AvgIpc) is 2.27. The van der Waals surface area contributed by atoms with Gasteiger partial charge in [-0.1, -0.05) is 54.4 Å². The smallest absolute Gasteiger partial charge is 0.00104 e. The van der Waals surface area contributed by atoms with Crippen LogP contribution in [0.2, 0.25) is 0 Å². The molecule has 0 heterocycles. The number of hydrogen-bond donors (Lipinski definition) is 1. The molecule has 1 N–H and O–H groups in total. The minimum absolute atomic E-state index is 0.574. The van der Waals surface area contributed by atoms with Crippen LogP contribution in [0.15, 0.2) is 0 Å². The monoisotopic (exact) mass is 267 g/mol. The van der Waals surface area contributed by atoms with Crippen LogP contribution in [0.4, 0.5) is 0 Å². The molecule has 0 spiro atoms. The first-order chi connectivity index (χ1) is 8.84. The molecule has 0 aromatic rings. The molecule has 0 bridgehead atoms. The molecule has 1 saturated carbocycles. The van der Waals surface area contributed by atoms with Crippen molar-refractivity contribution in [3.63, 3.8) is 0 Å². The molecule has 1 aliphatic rings. The number of nitrogens with one attached hydrogen (secondary N) is 1. The lowest BCUT2D eigenvalue weighted by atomic mass is 9.65. The molecule has 0 aromatic heterocycles. The summed E-state index contributed by atoms with van der Waals surface area (Å²) in [7, 11) is 0. The molecular weight excluding hydrogens is 230 g/mol. The first kappa shape index (κ1) is 17.0. The zero-order valence-corrected chi connectivity index (χ0v) is 14.3. The molecule has 0 aliphatic heterocycles. The minimum Gasteiger partial charge on any atom is -0.314 e. The lowest BCUT2D eigenvalue weighted by molar-refractivity contribution is 0.0963. The summed E-state index contributed by atoms with van der Waals surface area (Å²) < 4.78 is 0. The van der Waals surface area contributed by atoms with Crippen molar-refractivity contribution in [2.75, 3.05) is 6.54 Å². The van der Waals surface area contributed by atoms with Crippen LogP contribution in [-0.4, -0.2) is 12.6 Å². The van der Waals surface area contributed by atoms with Crippen molar-refractivity contribution in [2.24, 2.45) is 23.2 Å². The molecule has 1 heteroatoms. The normalized spacial score (nSPS) is 28.6. The second-order valence-electron chi connectivity index (χ2n) is 8.12. The molecule has 0 amide bonds. The van der Waals surface area contributed by atoms with E-state index in [1.54, 1.807) is 0 Å². The summed E-state index contributed by atoms with van der Waals surface area (Å²) in [5.41, 5.74) is 0.574. The van der Waals surface area contributed by atoms with Crippen molar-refractivity contribution in [2.45, 2.75) is 86.1 Å². The molecule has 3 atom stereocenters. The van der Waals surface area contributed by atoms with Gasteiger partial charge in [-0.15, -0.1) is 0 Å². The molecule has 1 rings (SSSR count). The van der Waals surface area contributed by atoms with Crippen molar-refractivity contribution in [1.29, 1.82) is 0 Å². The molecule has 3 unspecified atom stereocenters. The quantitative estimate of drug-likeness (QED) is 0.664. The lowest BCUT2D eigenvalue weighted by Crippen LogP contribution is -2.38. The van der Waals surface area contributed by atoms with Crippen LogP contribution < -0.4 is 5.32 Å². The summed E-state index contributed by atoms with van der Waals surface area (Å²) in [6, 6.07) is 0.628. The maximum Gasteiger partial charge on any atom is 0.00104 e. The van der Waals surface area contributed by atoms with E-state index in [9.17, 15) is 0 Å². The van der Waals surface area contributed by atoms with E-state index >= 15 is 0 Å². The van der Waals surface area contributed by atoms with Crippen LogP contribution in [0.25, 0.3) is 0 Å². The van der Waals surface area contributed by atoms with Crippen molar-refractivity contribution in [1.82, 2.24) is 5.32 Å². The highest BCUT2D eigenvalue weighted by Gasteiger charge is 2.35. The third-order valence-electron chi connectivity index (χ3n) is 4.95. The van der Waals surface area contributed by atoms with Crippen molar-refractivity contribution < 1.29 is 0 Å². The largest absolute Gasteiger partial charge is 0.314 e. The Hall–Kier alpha value is -0.0400. The highest BCUT2D eigenvalue weighted by molar-refractivity contribution is 4.87. The Bertz CT molecular complexity index is 242. The van der Waals surface area contributed by atoms with Gasteiger partial charge >= 0.3 is 0 Å². The lowest BCUT2D eigenvalue weighted by Gasteiger charge is -2.42. The van der Waals surface area contributed by atoms with E-state index in [4.69, 9.17) is 0 Å². The molecule has 1 aliphatic carbocycles.